The minimum Gasteiger partial charge on any atom is -0.349 e. The number of nitrogens with one attached hydrogen (secondary N) is 1. The molecule has 0 saturated carbocycles. The van der Waals surface area contributed by atoms with E-state index in [1.165, 1.54) is 53.3 Å². The molecule has 0 fully saturated rings. The SMILES string of the molecule is Cc1ccc(-c2nnc(SCC(=O)N[C@@H](C)c3ccc4c(c3)CCCC4)n2C)cc1. The molecule has 6 heteroatoms. The predicted molar refractivity (Wildman–Crippen MR) is 122 cm³/mol. The normalized spacial score (nSPS) is 14.2. The van der Waals surface area contributed by atoms with Crippen LogP contribution in [0.15, 0.2) is 47.6 Å². The summed E-state index contributed by atoms with van der Waals surface area (Å²) < 4.78 is 1.94. The first-order valence-electron chi connectivity index (χ1n) is 10.5. The highest BCUT2D eigenvalue weighted by Gasteiger charge is 2.16. The van der Waals surface area contributed by atoms with Gasteiger partial charge in [-0.2, -0.15) is 0 Å². The summed E-state index contributed by atoms with van der Waals surface area (Å²) in [6.45, 7) is 4.11. The number of benzene rings is 2. The van der Waals surface area contributed by atoms with Gasteiger partial charge in [0, 0.05) is 12.6 Å². The van der Waals surface area contributed by atoms with Crippen molar-refractivity contribution in [3.05, 3.63) is 64.7 Å². The molecule has 1 aliphatic carbocycles. The van der Waals surface area contributed by atoms with Crippen LogP contribution in [-0.4, -0.2) is 26.4 Å². The molecule has 5 nitrogen and oxygen atoms in total. The maximum Gasteiger partial charge on any atom is 0.230 e. The van der Waals surface area contributed by atoms with E-state index in [1.54, 1.807) is 0 Å². The van der Waals surface area contributed by atoms with Gasteiger partial charge in [-0.25, -0.2) is 0 Å². The Kier molecular flexibility index (Phi) is 6.23. The molecule has 1 amide bonds. The average molecular weight is 421 g/mol. The monoisotopic (exact) mass is 420 g/mol. The van der Waals surface area contributed by atoms with Crippen LogP contribution in [-0.2, 0) is 24.7 Å². The zero-order chi connectivity index (χ0) is 21.1. The van der Waals surface area contributed by atoms with Gasteiger partial charge in [0.05, 0.1) is 11.8 Å². The van der Waals surface area contributed by atoms with Crippen molar-refractivity contribution < 1.29 is 4.79 Å². The molecule has 1 aliphatic rings. The Hall–Kier alpha value is -2.60. The van der Waals surface area contributed by atoms with Crippen LogP contribution >= 0.6 is 11.8 Å². The topological polar surface area (TPSA) is 59.8 Å². The number of thioether (sulfide) groups is 1. The zero-order valence-electron chi connectivity index (χ0n) is 17.8. The van der Waals surface area contributed by atoms with Crippen molar-refractivity contribution in [3.63, 3.8) is 0 Å². The molecule has 0 saturated heterocycles. The molecule has 3 aromatic rings. The first-order chi connectivity index (χ1) is 14.5. The van der Waals surface area contributed by atoms with Crippen molar-refractivity contribution in [3.8, 4) is 11.4 Å². The maximum absolute atomic E-state index is 12.5. The Labute approximate surface area is 182 Å². The summed E-state index contributed by atoms with van der Waals surface area (Å²) in [5.74, 6) is 1.13. The minimum atomic E-state index is -0.00653. The second-order valence-corrected chi connectivity index (χ2v) is 8.99. The molecule has 1 heterocycles. The first-order valence-corrected chi connectivity index (χ1v) is 11.5. The predicted octanol–water partition coefficient (Wildman–Crippen LogP) is 4.64. The second-order valence-electron chi connectivity index (χ2n) is 8.04. The van der Waals surface area contributed by atoms with Crippen molar-refractivity contribution in [2.24, 2.45) is 7.05 Å². The van der Waals surface area contributed by atoms with Crippen LogP contribution in [0, 0.1) is 6.92 Å². The molecule has 0 spiro atoms. The molecule has 0 radical (unpaired) electrons. The fourth-order valence-corrected chi connectivity index (χ4v) is 4.64. The molecule has 0 bridgehead atoms. The molecule has 1 aromatic heterocycles. The number of carbonyl (C=O) groups is 1. The summed E-state index contributed by atoms with van der Waals surface area (Å²) in [5.41, 5.74) is 6.31. The first kappa shape index (κ1) is 20.7. The quantitative estimate of drug-likeness (QED) is 0.590. The van der Waals surface area contributed by atoms with Crippen molar-refractivity contribution >= 4 is 17.7 Å². The lowest BCUT2D eigenvalue weighted by Crippen LogP contribution is -2.28. The van der Waals surface area contributed by atoms with Gasteiger partial charge >= 0.3 is 0 Å². The number of carbonyl (C=O) groups excluding carboxylic acids is 1. The van der Waals surface area contributed by atoms with E-state index >= 15 is 0 Å². The summed E-state index contributed by atoms with van der Waals surface area (Å²) in [4.78, 5) is 12.5. The third-order valence-corrected chi connectivity index (χ3v) is 6.75. The fraction of sp³-hybridized carbons (Fsp3) is 0.375. The number of hydrogen-bond acceptors (Lipinski definition) is 4. The molecular weight excluding hydrogens is 392 g/mol. The second kappa shape index (κ2) is 9.04. The van der Waals surface area contributed by atoms with Crippen LogP contribution in [0.25, 0.3) is 11.4 Å². The van der Waals surface area contributed by atoms with E-state index in [-0.39, 0.29) is 11.9 Å². The van der Waals surface area contributed by atoms with E-state index in [4.69, 9.17) is 0 Å². The number of aryl methyl sites for hydroxylation is 3. The maximum atomic E-state index is 12.5. The number of fused-ring (bicyclic) bond motifs is 1. The number of amides is 1. The van der Waals surface area contributed by atoms with E-state index in [1.807, 2.05) is 30.7 Å². The van der Waals surface area contributed by atoms with Gasteiger partial charge in [-0.3, -0.25) is 4.79 Å². The third-order valence-electron chi connectivity index (χ3n) is 5.73. The van der Waals surface area contributed by atoms with Crippen LogP contribution < -0.4 is 5.32 Å². The van der Waals surface area contributed by atoms with Crippen LogP contribution in [0.3, 0.4) is 0 Å². The largest absolute Gasteiger partial charge is 0.349 e. The van der Waals surface area contributed by atoms with Crippen LogP contribution in [0.1, 0.15) is 48.1 Å². The molecule has 0 aliphatic heterocycles. The Balaban J connectivity index is 1.35. The van der Waals surface area contributed by atoms with Gasteiger partial charge in [-0.1, -0.05) is 59.8 Å². The van der Waals surface area contributed by atoms with E-state index < -0.39 is 0 Å². The van der Waals surface area contributed by atoms with Crippen molar-refractivity contribution in [1.82, 2.24) is 20.1 Å². The summed E-state index contributed by atoms with van der Waals surface area (Å²) in [7, 11) is 1.94. The molecule has 4 rings (SSSR count). The van der Waals surface area contributed by atoms with E-state index in [0.717, 1.165) is 23.0 Å². The van der Waals surface area contributed by atoms with Crippen LogP contribution in [0.2, 0.25) is 0 Å². The standard InChI is InChI=1S/C24H28N4OS/c1-16-8-10-19(11-9-16)23-26-27-24(28(23)3)30-15-22(29)25-17(2)20-13-12-18-6-4-5-7-21(18)14-20/h8-14,17H,4-7,15H2,1-3H3,(H,25,29)/t17-/m0/s1. The lowest BCUT2D eigenvalue weighted by molar-refractivity contribution is -0.119. The molecule has 1 N–H and O–H groups in total. The highest BCUT2D eigenvalue weighted by molar-refractivity contribution is 7.99. The van der Waals surface area contributed by atoms with E-state index in [0.29, 0.717) is 5.75 Å². The van der Waals surface area contributed by atoms with Crippen molar-refractivity contribution in [2.45, 2.75) is 50.7 Å². The Bertz CT molecular complexity index is 1040. The zero-order valence-corrected chi connectivity index (χ0v) is 18.6. The molecule has 0 unspecified atom stereocenters. The van der Waals surface area contributed by atoms with Gasteiger partial charge in [0.25, 0.3) is 0 Å². The molecule has 1 atom stereocenters. The van der Waals surface area contributed by atoms with E-state index in [9.17, 15) is 4.79 Å². The average Bonchev–Trinajstić information content (AvgIpc) is 3.12. The fourth-order valence-electron chi connectivity index (χ4n) is 3.91. The van der Waals surface area contributed by atoms with E-state index in [2.05, 4.69) is 52.8 Å². The summed E-state index contributed by atoms with van der Waals surface area (Å²) >= 11 is 1.41. The minimum absolute atomic E-state index is 0.00473. The number of hydrogen-bond donors (Lipinski definition) is 1. The Morgan fingerprint density at radius 1 is 1.10 bits per heavy atom. The van der Waals surface area contributed by atoms with Crippen LogP contribution in [0.5, 0.6) is 0 Å². The summed E-state index contributed by atoms with van der Waals surface area (Å²) in [6.07, 6.45) is 4.87. The van der Waals surface area contributed by atoms with Gasteiger partial charge in [0.15, 0.2) is 11.0 Å². The number of aromatic nitrogens is 3. The highest BCUT2D eigenvalue weighted by atomic mass is 32.2. The molecule has 30 heavy (non-hydrogen) atoms. The third kappa shape index (κ3) is 4.59. The molecular formula is C24H28N4OS. The van der Waals surface area contributed by atoms with Crippen LogP contribution in [0.4, 0.5) is 0 Å². The Morgan fingerprint density at radius 2 is 1.83 bits per heavy atom. The van der Waals surface area contributed by atoms with Gasteiger partial charge in [-0.15, -0.1) is 10.2 Å². The van der Waals surface area contributed by atoms with Crippen molar-refractivity contribution in [2.75, 3.05) is 5.75 Å². The lowest BCUT2D eigenvalue weighted by Gasteiger charge is -2.20. The van der Waals surface area contributed by atoms with Gasteiger partial charge in [-0.05, 0) is 56.2 Å². The van der Waals surface area contributed by atoms with Gasteiger partial charge in [0.1, 0.15) is 0 Å². The number of rotatable bonds is 6. The highest BCUT2D eigenvalue weighted by Crippen LogP contribution is 2.26. The summed E-state index contributed by atoms with van der Waals surface area (Å²) in [5, 5.41) is 12.4. The van der Waals surface area contributed by atoms with Crippen molar-refractivity contribution in [1.29, 1.82) is 0 Å². The Morgan fingerprint density at radius 3 is 2.60 bits per heavy atom. The summed E-state index contributed by atoms with van der Waals surface area (Å²) in [6, 6.07) is 14.9. The lowest BCUT2D eigenvalue weighted by atomic mass is 9.89. The van der Waals surface area contributed by atoms with Gasteiger partial charge in [0.2, 0.25) is 5.91 Å². The number of nitrogens with zero attached hydrogens (tertiary/aromatic N) is 3. The van der Waals surface area contributed by atoms with Gasteiger partial charge < -0.3 is 9.88 Å². The molecule has 156 valence electrons. The smallest absolute Gasteiger partial charge is 0.230 e. The molecule has 2 aromatic carbocycles.